The summed E-state index contributed by atoms with van der Waals surface area (Å²) in [5.41, 5.74) is 0.768. The van der Waals surface area contributed by atoms with Crippen molar-refractivity contribution in [3.63, 3.8) is 0 Å². The summed E-state index contributed by atoms with van der Waals surface area (Å²) >= 11 is 5.92. The molecule has 0 spiro atoms. The van der Waals surface area contributed by atoms with Gasteiger partial charge in [0.25, 0.3) is 5.91 Å². The molecule has 0 saturated heterocycles. The average Bonchev–Trinajstić information content (AvgIpc) is 3.07. The third-order valence-corrected chi connectivity index (χ3v) is 6.05. The molecule has 3 rings (SSSR count). The van der Waals surface area contributed by atoms with Crippen LogP contribution in [-0.2, 0) is 27.8 Å². The van der Waals surface area contributed by atoms with E-state index in [2.05, 4.69) is 4.72 Å². The van der Waals surface area contributed by atoms with Gasteiger partial charge in [-0.2, -0.15) is 0 Å². The summed E-state index contributed by atoms with van der Waals surface area (Å²) in [7, 11) is -2.30. The minimum Gasteiger partial charge on any atom is -0.383 e. The zero-order valence-corrected chi connectivity index (χ0v) is 16.2. The first-order valence-corrected chi connectivity index (χ1v) is 10.1. The Morgan fingerprint density at radius 1 is 1.30 bits per heavy atom. The summed E-state index contributed by atoms with van der Waals surface area (Å²) in [5.74, 6) is -0.732. The quantitative estimate of drug-likeness (QED) is 0.748. The number of nitrogens with zero attached hydrogens (tertiary/aromatic N) is 2. The lowest BCUT2D eigenvalue weighted by atomic mass is 10.2. The van der Waals surface area contributed by atoms with E-state index in [1.165, 1.54) is 24.4 Å². The second kappa shape index (κ2) is 7.97. The number of carbonyl (C=O) groups is 1. The highest BCUT2D eigenvalue weighted by Gasteiger charge is 2.28. The number of methoxy groups -OCH3 is 1. The lowest BCUT2D eigenvalue weighted by molar-refractivity contribution is 0.0641. The Morgan fingerprint density at radius 3 is 2.78 bits per heavy atom. The van der Waals surface area contributed by atoms with Crippen molar-refractivity contribution in [2.75, 3.05) is 26.8 Å². The molecule has 1 N–H and O–H groups in total. The molecule has 2 heterocycles. The number of carbonyl (C=O) groups excluding carboxylic acids is 1. The molecular weight excluding hydrogens is 397 g/mol. The molecule has 0 bridgehead atoms. The summed E-state index contributed by atoms with van der Waals surface area (Å²) in [6.45, 7) is 1.77. The summed E-state index contributed by atoms with van der Waals surface area (Å²) in [4.78, 5) is 14.1. The third-order valence-electron chi connectivity index (χ3n) is 4.33. The molecule has 1 aliphatic rings. The maximum absolute atomic E-state index is 13.1. The average molecular weight is 416 g/mol. The molecule has 0 atom stereocenters. The smallest absolute Gasteiger partial charge is 0.270 e. The van der Waals surface area contributed by atoms with Crippen molar-refractivity contribution in [3.05, 3.63) is 52.6 Å². The molecule has 0 saturated carbocycles. The number of fused-ring (bicyclic) bond motifs is 1. The monoisotopic (exact) mass is 415 g/mol. The Kier molecular flexibility index (Phi) is 5.85. The van der Waals surface area contributed by atoms with E-state index in [0.717, 1.165) is 6.07 Å². The Labute approximate surface area is 161 Å². The summed E-state index contributed by atoms with van der Waals surface area (Å²) in [6.07, 6.45) is 1.44. The fraction of sp³-hybridized carbons (Fsp3) is 0.353. The second-order valence-corrected chi connectivity index (χ2v) is 8.27. The number of amides is 1. The number of hydrogen-bond acceptors (Lipinski definition) is 4. The molecule has 0 radical (unpaired) electrons. The number of ether oxygens (including phenoxy) is 1. The van der Waals surface area contributed by atoms with Gasteiger partial charge in [0, 0.05) is 44.5 Å². The summed E-state index contributed by atoms with van der Waals surface area (Å²) in [6, 6.07) is 5.10. The SMILES string of the molecule is COCCN1CCn2cc(S(=O)(=O)NCc3ccc(F)cc3Cl)cc2C1=O. The molecule has 27 heavy (non-hydrogen) atoms. The fourth-order valence-electron chi connectivity index (χ4n) is 2.82. The number of halogens is 2. The number of nitrogens with one attached hydrogen (secondary N) is 1. The van der Waals surface area contributed by atoms with Gasteiger partial charge in [0.05, 0.1) is 6.61 Å². The topological polar surface area (TPSA) is 80.6 Å². The van der Waals surface area contributed by atoms with Crippen molar-refractivity contribution in [2.24, 2.45) is 0 Å². The van der Waals surface area contributed by atoms with E-state index in [9.17, 15) is 17.6 Å². The predicted molar refractivity (Wildman–Crippen MR) is 97.6 cm³/mol. The minimum absolute atomic E-state index is 0.00215. The van der Waals surface area contributed by atoms with Crippen LogP contribution >= 0.6 is 11.6 Å². The number of hydrogen-bond donors (Lipinski definition) is 1. The van der Waals surface area contributed by atoms with Gasteiger partial charge in [-0.25, -0.2) is 17.5 Å². The van der Waals surface area contributed by atoms with E-state index < -0.39 is 15.8 Å². The lowest BCUT2D eigenvalue weighted by Gasteiger charge is -2.27. The van der Waals surface area contributed by atoms with Crippen molar-refractivity contribution < 1.29 is 22.3 Å². The van der Waals surface area contributed by atoms with Crippen LogP contribution in [0.25, 0.3) is 0 Å². The highest BCUT2D eigenvalue weighted by atomic mass is 35.5. The summed E-state index contributed by atoms with van der Waals surface area (Å²) < 4.78 is 47.3. The van der Waals surface area contributed by atoms with Crippen molar-refractivity contribution in [1.82, 2.24) is 14.2 Å². The largest absolute Gasteiger partial charge is 0.383 e. The first-order valence-electron chi connectivity index (χ1n) is 8.24. The van der Waals surface area contributed by atoms with Gasteiger partial charge in [0.15, 0.2) is 0 Å². The van der Waals surface area contributed by atoms with Crippen LogP contribution in [0.15, 0.2) is 35.4 Å². The van der Waals surface area contributed by atoms with Crippen LogP contribution in [0.2, 0.25) is 5.02 Å². The van der Waals surface area contributed by atoms with Gasteiger partial charge >= 0.3 is 0 Å². The molecule has 0 fully saturated rings. The number of sulfonamides is 1. The fourth-order valence-corrected chi connectivity index (χ4v) is 4.10. The van der Waals surface area contributed by atoms with Gasteiger partial charge in [0.2, 0.25) is 10.0 Å². The van der Waals surface area contributed by atoms with Crippen LogP contribution in [0.3, 0.4) is 0 Å². The van der Waals surface area contributed by atoms with E-state index in [1.54, 1.807) is 16.6 Å². The van der Waals surface area contributed by atoms with E-state index >= 15 is 0 Å². The van der Waals surface area contributed by atoms with Crippen LogP contribution in [0.1, 0.15) is 16.1 Å². The lowest BCUT2D eigenvalue weighted by Crippen LogP contribution is -2.41. The molecule has 1 aliphatic heterocycles. The molecule has 1 aromatic carbocycles. The molecular formula is C17H19ClFN3O4S. The minimum atomic E-state index is -3.86. The molecule has 1 aromatic heterocycles. The Hall–Kier alpha value is -1.94. The maximum atomic E-state index is 13.1. The van der Waals surface area contributed by atoms with E-state index in [1.807, 2.05) is 0 Å². The molecule has 1 amide bonds. The number of aromatic nitrogens is 1. The highest BCUT2D eigenvalue weighted by Crippen LogP contribution is 2.21. The van der Waals surface area contributed by atoms with Gasteiger partial charge < -0.3 is 14.2 Å². The van der Waals surface area contributed by atoms with Gasteiger partial charge in [-0.15, -0.1) is 0 Å². The normalized spacial score (nSPS) is 14.5. The molecule has 0 aliphatic carbocycles. The Bertz CT molecular complexity index is 961. The van der Waals surface area contributed by atoms with Crippen LogP contribution in [0, 0.1) is 5.82 Å². The van der Waals surface area contributed by atoms with E-state index in [0.29, 0.717) is 37.5 Å². The van der Waals surface area contributed by atoms with Gasteiger partial charge in [-0.05, 0) is 23.8 Å². The van der Waals surface area contributed by atoms with Gasteiger partial charge in [-0.3, -0.25) is 4.79 Å². The zero-order valence-electron chi connectivity index (χ0n) is 14.6. The van der Waals surface area contributed by atoms with Crippen LogP contribution in [0.5, 0.6) is 0 Å². The van der Waals surface area contributed by atoms with Crippen LogP contribution in [-0.4, -0.2) is 50.6 Å². The van der Waals surface area contributed by atoms with E-state index in [-0.39, 0.29) is 22.4 Å². The molecule has 0 unspecified atom stereocenters. The third kappa shape index (κ3) is 4.32. The Balaban J connectivity index is 1.75. The van der Waals surface area contributed by atoms with Gasteiger partial charge in [0.1, 0.15) is 16.4 Å². The van der Waals surface area contributed by atoms with Crippen molar-refractivity contribution >= 4 is 27.5 Å². The van der Waals surface area contributed by atoms with Gasteiger partial charge in [-0.1, -0.05) is 17.7 Å². The highest BCUT2D eigenvalue weighted by molar-refractivity contribution is 7.89. The van der Waals surface area contributed by atoms with Crippen molar-refractivity contribution in [1.29, 1.82) is 0 Å². The molecule has 10 heteroatoms. The van der Waals surface area contributed by atoms with Crippen LogP contribution < -0.4 is 4.72 Å². The Morgan fingerprint density at radius 2 is 2.07 bits per heavy atom. The summed E-state index contributed by atoms with van der Waals surface area (Å²) in [5, 5.41) is 0.137. The number of benzene rings is 1. The van der Waals surface area contributed by atoms with Crippen LogP contribution in [0.4, 0.5) is 4.39 Å². The second-order valence-electron chi connectivity index (χ2n) is 6.10. The first-order chi connectivity index (χ1) is 12.8. The molecule has 7 nitrogen and oxygen atoms in total. The molecule has 146 valence electrons. The molecule has 2 aromatic rings. The van der Waals surface area contributed by atoms with E-state index in [4.69, 9.17) is 16.3 Å². The first kappa shape index (κ1) is 19.8. The zero-order chi connectivity index (χ0) is 19.6. The predicted octanol–water partition coefficient (Wildman–Crippen LogP) is 1.86. The standard InChI is InChI=1S/C17H19ClFN3O4S/c1-26-7-6-21-4-5-22-11-14(9-16(22)17(21)23)27(24,25)20-10-12-2-3-13(19)8-15(12)18/h2-3,8-9,11,20H,4-7,10H2,1H3. The number of rotatable bonds is 7. The maximum Gasteiger partial charge on any atom is 0.270 e. The van der Waals surface area contributed by atoms with Crippen molar-refractivity contribution in [3.8, 4) is 0 Å². The van der Waals surface area contributed by atoms with Crippen molar-refractivity contribution in [2.45, 2.75) is 18.0 Å².